The molecule has 15 heavy (non-hydrogen) atoms. The SMILES string of the molecule is C/C=C/c1ccccc1[C@H](C)[Si](Cl)(Cl)Cl. The van der Waals surface area contributed by atoms with Crippen LogP contribution in [0.15, 0.2) is 30.3 Å². The molecule has 0 aliphatic carbocycles. The Kier molecular flexibility index (Phi) is 4.72. The Labute approximate surface area is 106 Å². The summed E-state index contributed by atoms with van der Waals surface area (Å²) in [6, 6.07) is 5.35. The van der Waals surface area contributed by atoms with Crippen LogP contribution in [0.25, 0.3) is 6.08 Å². The van der Waals surface area contributed by atoms with Gasteiger partial charge in [-0.1, -0.05) is 43.3 Å². The fraction of sp³-hybridized carbons (Fsp3) is 0.273. The first-order chi connectivity index (χ1) is 6.96. The van der Waals surface area contributed by atoms with Crippen molar-refractivity contribution in [3.8, 4) is 0 Å². The maximum absolute atomic E-state index is 6.04. The van der Waals surface area contributed by atoms with Crippen LogP contribution in [-0.4, -0.2) is 6.00 Å². The third-order valence-corrected chi connectivity index (χ3v) is 6.54. The van der Waals surface area contributed by atoms with Crippen molar-refractivity contribution in [1.29, 1.82) is 0 Å². The van der Waals surface area contributed by atoms with Gasteiger partial charge in [0.25, 0.3) is 0 Å². The molecular formula is C11H13Cl3Si. The lowest BCUT2D eigenvalue weighted by molar-refractivity contribution is 1.06. The fourth-order valence-corrected chi connectivity index (χ4v) is 3.09. The van der Waals surface area contributed by atoms with Crippen LogP contribution in [0.1, 0.15) is 30.5 Å². The van der Waals surface area contributed by atoms with E-state index >= 15 is 0 Å². The molecule has 0 aliphatic heterocycles. The maximum Gasteiger partial charge on any atom is 0.348 e. The minimum atomic E-state index is -2.68. The molecule has 82 valence electrons. The molecule has 0 spiro atoms. The number of rotatable bonds is 3. The van der Waals surface area contributed by atoms with Crippen LogP contribution in [0, 0.1) is 0 Å². The third-order valence-electron chi connectivity index (χ3n) is 2.30. The lowest BCUT2D eigenvalue weighted by Crippen LogP contribution is -2.21. The molecule has 0 radical (unpaired) electrons. The van der Waals surface area contributed by atoms with Gasteiger partial charge in [0.1, 0.15) is 0 Å². The van der Waals surface area contributed by atoms with E-state index in [4.69, 9.17) is 33.2 Å². The van der Waals surface area contributed by atoms with Crippen LogP contribution < -0.4 is 0 Å². The number of hydrogen-bond acceptors (Lipinski definition) is 0. The maximum atomic E-state index is 6.04. The topological polar surface area (TPSA) is 0 Å². The molecule has 0 unspecified atom stereocenters. The number of hydrogen-bond donors (Lipinski definition) is 0. The smallest absolute Gasteiger partial charge is 0.125 e. The summed E-state index contributed by atoms with van der Waals surface area (Å²) in [5.74, 6) is 0. The zero-order valence-corrected chi connectivity index (χ0v) is 11.9. The predicted molar refractivity (Wildman–Crippen MR) is 72.9 cm³/mol. The van der Waals surface area contributed by atoms with Crippen molar-refractivity contribution in [2.24, 2.45) is 0 Å². The zero-order valence-electron chi connectivity index (χ0n) is 8.68. The van der Waals surface area contributed by atoms with Crippen LogP contribution in [0.4, 0.5) is 0 Å². The lowest BCUT2D eigenvalue weighted by atomic mass is 10.0. The molecular weight excluding hydrogens is 267 g/mol. The molecule has 0 N–H and O–H groups in total. The Bertz CT molecular complexity index is 355. The molecule has 0 saturated carbocycles. The Hall–Kier alpha value is 0.0469. The van der Waals surface area contributed by atoms with E-state index in [2.05, 4.69) is 0 Å². The summed E-state index contributed by atoms with van der Waals surface area (Å²) in [6.45, 7) is 3.95. The number of halogens is 3. The van der Waals surface area contributed by atoms with Crippen molar-refractivity contribution in [2.45, 2.75) is 19.4 Å². The van der Waals surface area contributed by atoms with E-state index in [9.17, 15) is 0 Å². The second-order valence-electron chi connectivity index (χ2n) is 3.39. The third kappa shape index (κ3) is 3.53. The predicted octanol–water partition coefficient (Wildman–Crippen LogP) is 5.02. The highest BCUT2D eigenvalue weighted by molar-refractivity contribution is 7.65. The quantitative estimate of drug-likeness (QED) is 0.538. The molecule has 0 aromatic heterocycles. The van der Waals surface area contributed by atoms with E-state index in [1.165, 1.54) is 0 Å². The summed E-state index contributed by atoms with van der Waals surface area (Å²) < 4.78 is 0. The fourth-order valence-electron chi connectivity index (χ4n) is 1.41. The van der Waals surface area contributed by atoms with Crippen molar-refractivity contribution in [3.63, 3.8) is 0 Å². The van der Waals surface area contributed by atoms with Gasteiger partial charge in [-0.05, 0) is 18.1 Å². The van der Waals surface area contributed by atoms with Crippen molar-refractivity contribution in [3.05, 3.63) is 41.5 Å². The Morgan fingerprint density at radius 2 is 1.80 bits per heavy atom. The van der Waals surface area contributed by atoms with Crippen molar-refractivity contribution in [1.82, 2.24) is 0 Å². The molecule has 0 aliphatic rings. The van der Waals surface area contributed by atoms with E-state index in [0.717, 1.165) is 11.1 Å². The minimum Gasteiger partial charge on any atom is -0.125 e. The van der Waals surface area contributed by atoms with Gasteiger partial charge < -0.3 is 0 Å². The second-order valence-corrected chi connectivity index (χ2v) is 12.4. The number of benzene rings is 1. The summed E-state index contributed by atoms with van der Waals surface area (Å²) in [7, 11) is 0. The molecule has 0 amide bonds. The van der Waals surface area contributed by atoms with Gasteiger partial charge in [0.05, 0.1) is 0 Å². The Morgan fingerprint density at radius 3 is 2.33 bits per heavy atom. The van der Waals surface area contributed by atoms with Crippen molar-refractivity contribution in [2.75, 3.05) is 0 Å². The average molecular weight is 280 g/mol. The molecule has 1 aromatic carbocycles. The molecule has 1 atom stereocenters. The highest BCUT2D eigenvalue weighted by Crippen LogP contribution is 2.37. The highest BCUT2D eigenvalue weighted by atomic mass is 35.8. The van der Waals surface area contributed by atoms with Crippen molar-refractivity contribution < 1.29 is 0 Å². The van der Waals surface area contributed by atoms with Gasteiger partial charge in [-0.15, -0.1) is 33.2 Å². The van der Waals surface area contributed by atoms with E-state index < -0.39 is 6.00 Å². The minimum absolute atomic E-state index is 0.00917. The lowest BCUT2D eigenvalue weighted by Gasteiger charge is -2.19. The number of allylic oxidation sites excluding steroid dienone is 1. The molecule has 0 bridgehead atoms. The summed E-state index contributed by atoms with van der Waals surface area (Å²) >= 11 is 18.1. The molecule has 4 heteroatoms. The summed E-state index contributed by atoms with van der Waals surface area (Å²) in [4.78, 5) is 0. The van der Waals surface area contributed by atoms with E-state index in [1.54, 1.807) is 0 Å². The van der Waals surface area contributed by atoms with Gasteiger partial charge in [-0.2, -0.15) is 0 Å². The van der Waals surface area contributed by atoms with Crippen molar-refractivity contribution >= 4 is 45.3 Å². The molecule has 0 saturated heterocycles. The van der Waals surface area contributed by atoms with Gasteiger partial charge in [0.2, 0.25) is 0 Å². The second kappa shape index (κ2) is 5.40. The van der Waals surface area contributed by atoms with Gasteiger partial charge in [0, 0.05) is 5.54 Å². The van der Waals surface area contributed by atoms with Crippen LogP contribution in [0.2, 0.25) is 0 Å². The molecule has 1 aromatic rings. The normalized spacial score (nSPS) is 14.5. The first-order valence-corrected chi connectivity index (χ1v) is 9.86. The molecule has 0 fully saturated rings. The van der Waals surface area contributed by atoms with Gasteiger partial charge in [-0.3, -0.25) is 0 Å². The monoisotopic (exact) mass is 278 g/mol. The Morgan fingerprint density at radius 1 is 1.20 bits per heavy atom. The van der Waals surface area contributed by atoms with E-state index in [0.29, 0.717) is 0 Å². The highest BCUT2D eigenvalue weighted by Gasteiger charge is 2.35. The molecule has 1 rings (SSSR count). The van der Waals surface area contributed by atoms with E-state index in [-0.39, 0.29) is 5.54 Å². The first kappa shape index (κ1) is 13.1. The standard InChI is InChI=1S/C11H13Cl3Si/c1-3-6-10-7-4-5-8-11(10)9(2)15(12,13)14/h3-9H,1-2H3/b6-3+/t9-/m0/s1. The van der Waals surface area contributed by atoms with Gasteiger partial charge in [-0.25, -0.2) is 0 Å². The largest absolute Gasteiger partial charge is 0.348 e. The van der Waals surface area contributed by atoms with Crippen LogP contribution >= 0.6 is 33.2 Å². The summed E-state index contributed by atoms with van der Waals surface area (Å²) in [5, 5.41) is 0. The van der Waals surface area contributed by atoms with Crippen LogP contribution in [-0.2, 0) is 0 Å². The van der Waals surface area contributed by atoms with Gasteiger partial charge in [0.15, 0.2) is 0 Å². The zero-order chi connectivity index (χ0) is 11.5. The van der Waals surface area contributed by atoms with Crippen LogP contribution in [0.3, 0.4) is 0 Å². The summed E-state index contributed by atoms with van der Waals surface area (Å²) in [5.41, 5.74) is 2.25. The molecule has 0 nitrogen and oxygen atoms in total. The first-order valence-electron chi connectivity index (χ1n) is 4.75. The van der Waals surface area contributed by atoms with Gasteiger partial charge >= 0.3 is 6.00 Å². The Balaban J connectivity index is 3.13. The summed E-state index contributed by atoms with van der Waals surface area (Å²) in [6.07, 6.45) is 4.03. The van der Waals surface area contributed by atoms with E-state index in [1.807, 2.05) is 50.3 Å². The van der Waals surface area contributed by atoms with Crippen LogP contribution in [0.5, 0.6) is 0 Å². The molecule has 0 heterocycles. The average Bonchev–Trinajstić information content (AvgIpc) is 2.17.